The van der Waals surface area contributed by atoms with Crippen LogP contribution in [0.5, 0.6) is 0 Å². The highest BCUT2D eigenvalue weighted by atomic mass is 32.2. The van der Waals surface area contributed by atoms with Crippen molar-refractivity contribution in [2.24, 2.45) is 5.92 Å². The fourth-order valence-electron chi connectivity index (χ4n) is 1.85. The Labute approximate surface area is 83.4 Å². The van der Waals surface area contributed by atoms with E-state index >= 15 is 0 Å². The first-order valence-electron chi connectivity index (χ1n) is 4.78. The molecule has 2 heterocycles. The Bertz CT molecular complexity index is 320. The zero-order valence-corrected chi connectivity index (χ0v) is 8.72. The minimum atomic E-state index is -2.88. The quantitative estimate of drug-likeness (QED) is 0.579. The molecule has 5 nitrogen and oxygen atoms in total. The zero-order chi connectivity index (χ0) is 10.2. The molecule has 2 saturated heterocycles. The van der Waals surface area contributed by atoms with Gasteiger partial charge in [0.15, 0.2) is 9.84 Å². The van der Waals surface area contributed by atoms with Gasteiger partial charge >= 0.3 is 0 Å². The molecule has 2 rings (SSSR count). The highest BCUT2D eigenvalue weighted by Crippen LogP contribution is 2.20. The van der Waals surface area contributed by atoms with E-state index in [0.29, 0.717) is 13.1 Å². The van der Waals surface area contributed by atoms with Crippen LogP contribution in [0.1, 0.15) is 0 Å². The smallest absolute Gasteiger partial charge is 0.227 e. The summed E-state index contributed by atoms with van der Waals surface area (Å²) in [7, 11) is -2.88. The molecule has 0 radical (unpaired) electrons. The predicted octanol–water partition coefficient (Wildman–Crippen LogP) is -1.54. The second-order valence-electron chi connectivity index (χ2n) is 3.85. The maximum absolute atomic E-state index is 11.7. The number of rotatable bonds is 1. The first-order valence-corrected chi connectivity index (χ1v) is 6.60. The van der Waals surface area contributed by atoms with Crippen molar-refractivity contribution in [3.8, 4) is 0 Å². The van der Waals surface area contributed by atoms with Crippen molar-refractivity contribution in [2.75, 3.05) is 37.7 Å². The van der Waals surface area contributed by atoms with Crippen LogP contribution in [0.25, 0.3) is 0 Å². The standard InChI is InChI=1S/C8H14N2O3S/c11-8(7-5-14(12,13)6-7)10-3-1-9-2-4-10/h7,9H,1-6H2. The van der Waals surface area contributed by atoms with Gasteiger partial charge in [0.2, 0.25) is 5.91 Å². The number of carbonyl (C=O) groups is 1. The monoisotopic (exact) mass is 218 g/mol. The van der Waals surface area contributed by atoms with Crippen molar-refractivity contribution in [3.05, 3.63) is 0 Å². The summed E-state index contributed by atoms with van der Waals surface area (Å²) in [6.45, 7) is 3.03. The zero-order valence-electron chi connectivity index (χ0n) is 7.90. The van der Waals surface area contributed by atoms with Crippen molar-refractivity contribution < 1.29 is 13.2 Å². The van der Waals surface area contributed by atoms with Gasteiger partial charge in [0, 0.05) is 26.2 Å². The highest BCUT2D eigenvalue weighted by Gasteiger charge is 2.40. The molecular formula is C8H14N2O3S. The first kappa shape index (κ1) is 9.92. The molecule has 0 aromatic heterocycles. The maximum atomic E-state index is 11.7. The Balaban J connectivity index is 1.90. The molecule has 2 aliphatic rings. The molecule has 0 spiro atoms. The molecule has 0 bridgehead atoms. The third-order valence-electron chi connectivity index (χ3n) is 2.69. The van der Waals surface area contributed by atoms with Crippen LogP contribution in [-0.2, 0) is 14.6 Å². The third kappa shape index (κ3) is 1.90. The van der Waals surface area contributed by atoms with Crippen molar-refractivity contribution in [2.45, 2.75) is 0 Å². The molecule has 0 aromatic rings. The van der Waals surface area contributed by atoms with Gasteiger partial charge in [-0.25, -0.2) is 8.42 Å². The average Bonchev–Trinajstić information content (AvgIpc) is 2.14. The van der Waals surface area contributed by atoms with E-state index in [1.165, 1.54) is 0 Å². The summed E-state index contributed by atoms with van der Waals surface area (Å²) in [5, 5.41) is 3.15. The Hall–Kier alpha value is -0.620. The van der Waals surface area contributed by atoms with Crippen LogP contribution in [0.3, 0.4) is 0 Å². The highest BCUT2D eigenvalue weighted by molar-refractivity contribution is 7.92. The number of sulfone groups is 1. The van der Waals surface area contributed by atoms with Gasteiger partial charge in [-0.2, -0.15) is 0 Å². The summed E-state index contributed by atoms with van der Waals surface area (Å²) in [6.07, 6.45) is 0. The molecule has 0 unspecified atom stereocenters. The van der Waals surface area contributed by atoms with Gasteiger partial charge in [0.1, 0.15) is 0 Å². The van der Waals surface area contributed by atoms with Crippen LogP contribution in [-0.4, -0.2) is 56.9 Å². The molecule has 14 heavy (non-hydrogen) atoms. The van der Waals surface area contributed by atoms with E-state index in [9.17, 15) is 13.2 Å². The van der Waals surface area contributed by atoms with Gasteiger partial charge in [-0.3, -0.25) is 4.79 Å². The lowest BCUT2D eigenvalue weighted by Crippen LogP contribution is -2.53. The van der Waals surface area contributed by atoms with E-state index in [1.54, 1.807) is 4.90 Å². The molecular weight excluding hydrogens is 204 g/mol. The van der Waals surface area contributed by atoms with Crippen LogP contribution in [0.4, 0.5) is 0 Å². The van der Waals surface area contributed by atoms with E-state index in [1.807, 2.05) is 0 Å². The normalized spacial score (nSPS) is 27.0. The van der Waals surface area contributed by atoms with E-state index in [-0.39, 0.29) is 23.3 Å². The number of carbonyl (C=O) groups excluding carboxylic acids is 1. The van der Waals surface area contributed by atoms with Crippen LogP contribution < -0.4 is 5.32 Å². The number of hydrogen-bond donors (Lipinski definition) is 1. The third-order valence-corrected chi connectivity index (χ3v) is 4.51. The minimum absolute atomic E-state index is 0.0151. The second-order valence-corrected chi connectivity index (χ2v) is 6.00. The lowest BCUT2D eigenvalue weighted by atomic mass is 10.1. The number of nitrogens with one attached hydrogen (secondary N) is 1. The summed E-state index contributed by atoms with van der Waals surface area (Å²) >= 11 is 0. The fourth-order valence-corrected chi connectivity index (χ4v) is 3.26. The summed E-state index contributed by atoms with van der Waals surface area (Å²) in [4.78, 5) is 13.5. The van der Waals surface area contributed by atoms with Crippen molar-refractivity contribution in [1.82, 2.24) is 10.2 Å². The number of amides is 1. The number of piperazine rings is 1. The molecule has 6 heteroatoms. The predicted molar refractivity (Wildman–Crippen MR) is 51.6 cm³/mol. The van der Waals surface area contributed by atoms with E-state index in [2.05, 4.69) is 5.32 Å². The molecule has 80 valence electrons. The molecule has 0 atom stereocenters. The van der Waals surface area contributed by atoms with Gasteiger partial charge in [-0.1, -0.05) is 0 Å². The molecule has 2 aliphatic heterocycles. The largest absolute Gasteiger partial charge is 0.340 e. The Morgan fingerprint density at radius 1 is 1.21 bits per heavy atom. The van der Waals surface area contributed by atoms with Crippen LogP contribution in [0.15, 0.2) is 0 Å². The van der Waals surface area contributed by atoms with Crippen LogP contribution in [0, 0.1) is 5.92 Å². The SMILES string of the molecule is O=C(C1CS(=O)(=O)C1)N1CCNCC1. The van der Waals surface area contributed by atoms with Crippen molar-refractivity contribution >= 4 is 15.7 Å². The van der Waals surface area contributed by atoms with E-state index < -0.39 is 9.84 Å². The second kappa shape index (κ2) is 3.51. The van der Waals surface area contributed by atoms with Crippen molar-refractivity contribution in [3.63, 3.8) is 0 Å². The summed E-state index contributed by atoms with van der Waals surface area (Å²) in [5.74, 6) is -0.148. The molecule has 0 aliphatic carbocycles. The first-order chi connectivity index (χ1) is 6.58. The molecule has 1 amide bonds. The maximum Gasteiger partial charge on any atom is 0.227 e. The van der Waals surface area contributed by atoms with E-state index in [4.69, 9.17) is 0 Å². The average molecular weight is 218 g/mol. The van der Waals surface area contributed by atoms with Gasteiger partial charge in [0.05, 0.1) is 17.4 Å². The molecule has 2 fully saturated rings. The van der Waals surface area contributed by atoms with Gasteiger partial charge < -0.3 is 10.2 Å². The topological polar surface area (TPSA) is 66.5 Å². The Morgan fingerprint density at radius 2 is 1.79 bits per heavy atom. The minimum Gasteiger partial charge on any atom is -0.340 e. The van der Waals surface area contributed by atoms with Gasteiger partial charge in [0.25, 0.3) is 0 Å². The lowest BCUT2D eigenvalue weighted by Gasteiger charge is -2.33. The molecule has 0 aromatic carbocycles. The lowest BCUT2D eigenvalue weighted by molar-refractivity contribution is -0.135. The van der Waals surface area contributed by atoms with Gasteiger partial charge in [-0.05, 0) is 0 Å². The number of nitrogens with zero attached hydrogens (tertiary/aromatic N) is 1. The van der Waals surface area contributed by atoms with Crippen molar-refractivity contribution in [1.29, 1.82) is 0 Å². The summed E-state index contributed by atoms with van der Waals surface area (Å²) < 4.78 is 21.8. The summed E-state index contributed by atoms with van der Waals surface area (Å²) in [5.41, 5.74) is 0. The van der Waals surface area contributed by atoms with Crippen LogP contribution >= 0.6 is 0 Å². The van der Waals surface area contributed by atoms with Crippen LogP contribution in [0.2, 0.25) is 0 Å². The summed E-state index contributed by atoms with van der Waals surface area (Å²) in [6, 6.07) is 0. The Morgan fingerprint density at radius 3 is 2.29 bits per heavy atom. The fraction of sp³-hybridized carbons (Fsp3) is 0.875. The van der Waals surface area contributed by atoms with E-state index in [0.717, 1.165) is 13.1 Å². The molecule has 0 saturated carbocycles. The molecule has 1 N–H and O–H groups in total. The number of hydrogen-bond acceptors (Lipinski definition) is 4. The Kier molecular flexibility index (Phi) is 2.48. The van der Waals surface area contributed by atoms with Gasteiger partial charge in [-0.15, -0.1) is 0 Å².